The van der Waals surface area contributed by atoms with Crippen LogP contribution in [-0.2, 0) is 0 Å². The molecule has 0 fully saturated rings. The standard InChI is InChI=1S/C11H22O3P/c1-8-11(9(2,3)4,10(5,6)7)15(12,13)14/h1,12-14H,2-7H3/q+1. The second-order valence-electron chi connectivity index (χ2n) is 5.92. The zero-order valence-corrected chi connectivity index (χ0v) is 11.3. The molecule has 0 saturated heterocycles. The summed E-state index contributed by atoms with van der Waals surface area (Å²) in [5.41, 5.74) is -1.21. The Labute approximate surface area is 93.1 Å². The van der Waals surface area contributed by atoms with Crippen LogP contribution >= 0.6 is 7.94 Å². The van der Waals surface area contributed by atoms with Crippen molar-refractivity contribution in [1.29, 1.82) is 0 Å². The van der Waals surface area contributed by atoms with Crippen molar-refractivity contribution in [3.8, 4) is 12.3 Å². The molecule has 0 saturated carbocycles. The molecule has 0 aromatic carbocycles. The second-order valence-corrected chi connectivity index (χ2v) is 7.73. The molecule has 0 aliphatic rings. The fourth-order valence-electron chi connectivity index (χ4n) is 2.54. The van der Waals surface area contributed by atoms with Crippen LogP contribution in [0, 0.1) is 23.2 Å². The Morgan fingerprint density at radius 3 is 1.13 bits per heavy atom. The Kier molecular flexibility index (Phi) is 3.68. The van der Waals surface area contributed by atoms with Crippen LogP contribution < -0.4 is 0 Å². The quantitative estimate of drug-likeness (QED) is 0.480. The number of hydrogen-bond acceptors (Lipinski definition) is 3. The molecule has 0 aliphatic heterocycles. The molecule has 0 rings (SSSR count). The van der Waals surface area contributed by atoms with Crippen LogP contribution in [-0.4, -0.2) is 19.8 Å². The lowest BCUT2D eigenvalue weighted by molar-refractivity contribution is 0.132. The first-order valence-corrected chi connectivity index (χ1v) is 6.51. The third kappa shape index (κ3) is 2.19. The number of hydrogen-bond donors (Lipinski definition) is 3. The molecule has 0 unspecified atom stereocenters. The molecule has 4 heteroatoms. The maximum absolute atomic E-state index is 9.68. The molecule has 0 aliphatic carbocycles. The van der Waals surface area contributed by atoms with E-state index in [0.29, 0.717) is 0 Å². The summed E-state index contributed by atoms with van der Waals surface area (Å²) in [6.45, 7) is 10.8. The Morgan fingerprint density at radius 2 is 1.13 bits per heavy atom. The minimum absolute atomic E-state index is 0.605. The van der Waals surface area contributed by atoms with Crippen LogP contribution in [0.3, 0.4) is 0 Å². The summed E-state index contributed by atoms with van der Waals surface area (Å²) in [7, 11) is -4.14. The number of terminal acetylenes is 1. The molecule has 3 N–H and O–H groups in total. The van der Waals surface area contributed by atoms with E-state index in [0.717, 1.165) is 0 Å². The highest BCUT2D eigenvalue weighted by molar-refractivity contribution is 7.60. The highest BCUT2D eigenvalue weighted by Gasteiger charge is 2.70. The Balaban J connectivity index is 5.93. The predicted octanol–water partition coefficient (Wildman–Crippen LogP) is 2.19. The average molecular weight is 233 g/mol. The van der Waals surface area contributed by atoms with Crippen LogP contribution in [0.5, 0.6) is 0 Å². The van der Waals surface area contributed by atoms with Gasteiger partial charge in [0.1, 0.15) is 0 Å². The molecule has 88 valence electrons. The van der Waals surface area contributed by atoms with Gasteiger partial charge in [-0.25, -0.2) is 0 Å². The van der Waals surface area contributed by atoms with Crippen LogP contribution in [0.15, 0.2) is 0 Å². The predicted molar refractivity (Wildman–Crippen MR) is 64.1 cm³/mol. The topological polar surface area (TPSA) is 60.7 Å². The van der Waals surface area contributed by atoms with Crippen molar-refractivity contribution in [2.75, 3.05) is 0 Å². The fraction of sp³-hybridized carbons (Fsp3) is 0.818. The lowest BCUT2D eigenvalue weighted by Gasteiger charge is -2.46. The lowest BCUT2D eigenvalue weighted by atomic mass is 9.66. The summed E-state index contributed by atoms with van der Waals surface area (Å²) in [4.78, 5) is 29.0. The molecular weight excluding hydrogens is 211 g/mol. The van der Waals surface area contributed by atoms with E-state index >= 15 is 0 Å². The van der Waals surface area contributed by atoms with Gasteiger partial charge in [0, 0.05) is 10.8 Å². The summed E-state index contributed by atoms with van der Waals surface area (Å²) < 4.78 is 0. The summed E-state index contributed by atoms with van der Waals surface area (Å²) in [5.74, 6) is 2.43. The summed E-state index contributed by atoms with van der Waals surface area (Å²) in [6, 6.07) is 0. The van der Waals surface area contributed by atoms with Gasteiger partial charge in [-0.05, 0) is 5.92 Å². The van der Waals surface area contributed by atoms with Crippen molar-refractivity contribution in [2.24, 2.45) is 10.8 Å². The van der Waals surface area contributed by atoms with Gasteiger partial charge in [0.2, 0.25) is 5.16 Å². The van der Waals surface area contributed by atoms with E-state index in [4.69, 9.17) is 6.42 Å². The SMILES string of the molecule is C#CC(C(C)(C)C)(C(C)(C)C)[P+](O)(O)O. The van der Waals surface area contributed by atoms with Gasteiger partial charge in [-0.15, -0.1) is 6.42 Å². The van der Waals surface area contributed by atoms with E-state index in [1.165, 1.54) is 0 Å². The summed E-state index contributed by atoms with van der Waals surface area (Å²) in [5, 5.41) is -1.34. The first-order chi connectivity index (χ1) is 6.31. The molecular formula is C11H22O3P+. The van der Waals surface area contributed by atoms with Crippen molar-refractivity contribution >= 4 is 7.94 Å². The Hall–Kier alpha value is -0.130. The van der Waals surface area contributed by atoms with E-state index in [1.54, 1.807) is 41.5 Å². The van der Waals surface area contributed by atoms with Crippen LogP contribution in [0.1, 0.15) is 41.5 Å². The van der Waals surface area contributed by atoms with Crippen molar-refractivity contribution in [3.05, 3.63) is 0 Å². The van der Waals surface area contributed by atoms with E-state index in [-0.39, 0.29) is 0 Å². The van der Waals surface area contributed by atoms with Gasteiger partial charge in [0.25, 0.3) is 0 Å². The zero-order chi connectivity index (χ0) is 12.7. The van der Waals surface area contributed by atoms with Crippen LogP contribution in [0.25, 0.3) is 0 Å². The molecule has 15 heavy (non-hydrogen) atoms. The van der Waals surface area contributed by atoms with E-state index in [1.807, 2.05) is 0 Å². The third-order valence-corrected chi connectivity index (χ3v) is 5.20. The second kappa shape index (κ2) is 3.71. The molecule has 3 nitrogen and oxygen atoms in total. The lowest BCUT2D eigenvalue weighted by Crippen LogP contribution is -2.53. The summed E-state index contributed by atoms with van der Waals surface area (Å²) >= 11 is 0. The normalized spacial score (nSPS) is 14.9. The highest BCUT2D eigenvalue weighted by Crippen LogP contribution is 2.70. The van der Waals surface area contributed by atoms with Crippen molar-refractivity contribution in [2.45, 2.75) is 46.7 Å². The van der Waals surface area contributed by atoms with Gasteiger partial charge in [0.05, 0.1) is 0 Å². The minimum atomic E-state index is -4.14. The largest absolute Gasteiger partial charge is 0.423 e. The van der Waals surface area contributed by atoms with Crippen LogP contribution in [0.2, 0.25) is 0 Å². The molecule has 0 radical (unpaired) electrons. The van der Waals surface area contributed by atoms with Crippen molar-refractivity contribution < 1.29 is 14.7 Å². The first-order valence-electron chi connectivity index (χ1n) is 4.86. The maximum Gasteiger partial charge on any atom is 0.423 e. The summed E-state index contributed by atoms with van der Waals surface area (Å²) in [6.07, 6.45) is 5.46. The fourth-order valence-corrected chi connectivity index (χ4v) is 4.52. The van der Waals surface area contributed by atoms with Gasteiger partial charge in [-0.1, -0.05) is 41.5 Å². The van der Waals surface area contributed by atoms with E-state index in [2.05, 4.69) is 5.92 Å². The highest BCUT2D eigenvalue weighted by atomic mass is 31.2. The smallest absolute Gasteiger partial charge is 0.192 e. The molecule has 0 spiro atoms. The van der Waals surface area contributed by atoms with Crippen LogP contribution in [0.4, 0.5) is 0 Å². The minimum Gasteiger partial charge on any atom is -0.192 e. The van der Waals surface area contributed by atoms with Crippen molar-refractivity contribution in [3.63, 3.8) is 0 Å². The Bertz CT molecular complexity index is 234. The average Bonchev–Trinajstić information content (AvgIpc) is 1.76. The maximum atomic E-state index is 9.68. The van der Waals surface area contributed by atoms with Gasteiger partial charge in [-0.2, -0.15) is 14.7 Å². The first kappa shape index (κ1) is 14.9. The van der Waals surface area contributed by atoms with Gasteiger partial charge < -0.3 is 0 Å². The molecule has 0 aromatic rings. The van der Waals surface area contributed by atoms with E-state index in [9.17, 15) is 14.7 Å². The van der Waals surface area contributed by atoms with Crippen molar-refractivity contribution in [1.82, 2.24) is 0 Å². The van der Waals surface area contributed by atoms with Gasteiger partial charge in [-0.3, -0.25) is 0 Å². The van der Waals surface area contributed by atoms with Gasteiger partial charge >= 0.3 is 7.94 Å². The number of rotatable bonds is 1. The molecule has 0 amide bonds. The Morgan fingerprint density at radius 1 is 0.867 bits per heavy atom. The molecule has 0 aromatic heterocycles. The van der Waals surface area contributed by atoms with E-state index < -0.39 is 23.9 Å². The van der Waals surface area contributed by atoms with Gasteiger partial charge in [0.15, 0.2) is 0 Å². The molecule has 0 heterocycles. The molecule has 0 bridgehead atoms. The zero-order valence-electron chi connectivity index (χ0n) is 10.4. The monoisotopic (exact) mass is 233 g/mol. The third-order valence-electron chi connectivity index (χ3n) is 2.83. The molecule has 0 atom stereocenters.